The Morgan fingerprint density at radius 3 is 2.59 bits per heavy atom. The van der Waals surface area contributed by atoms with Crippen LogP contribution in [-0.4, -0.2) is 61.3 Å². The number of ketones is 1. The molecular formula is C25H28F5N5O3S. The summed E-state index contributed by atoms with van der Waals surface area (Å²) in [5, 5.41) is -0.652. The molecule has 0 aliphatic carbocycles. The number of fused-ring (bicyclic) bond motifs is 1. The van der Waals surface area contributed by atoms with Crippen LogP contribution in [0, 0.1) is 5.82 Å². The van der Waals surface area contributed by atoms with Gasteiger partial charge in [-0.3, -0.25) is 14.8 Å². The number of aromatic nitrogens is 2. The Morgan fingerprint density at radius 2 is 1.95 bits per heavy atom. The fourth-order valence-corrected chi connectivity index (χ4v) is 7.94. The lowest BCUT2D eigenvalue weighted by Crippen LogP contribution is -2.60. The molecule has 2 aromatic heterocycles. The van der Waals surface area contributed by atoms with Gasteiger partial charge >= 0.3 is 12.3 Å². The number of Topliss-reactive ketones (excluding diaryl/α,β-unsaturated/α-hetero) is 1. The van der Waals surface area contributed by atoms with E-state index in [1.807, 2.05) is 0 Å². The third-order valence-electron chi connectivity index (χ3n) is 7.12. The number of aliphatic imine (C=N–C) groups is 1. The molecule has 39 heavy (non-hydrogen) atoms. The molecule has 0 spiro atoms. The van der Waals surface area contributed by atoms with Crippen LogP contribution in [0.1, 0.15) is 55.5 Å². The molecule has 0 aromatic carbocycles. The summed E-state index contributed by atoms with van der Waals surface area (Å²) < 4.78 is 88.1. The van der Waals surface area contributed by atoms with E-state index in [2.05, 4.69) is 24.1 Å². The zero-order valence-electron chi connectivity index (χ0n) is 21.5. The second kappa shape index (κ2) is 10.1. The minimum absolute atomic E-state index is 0.0716. The van der Waals surface area contributed by atoms with Gasteiger partial charge in [-0.1, -0.05) is 0 Å². The number of carbonyl (C=O) groups excluding carboxylic acids is 1. The topological polar surface area (TPSA) is 120 Å². The normalized spacial score (nSPS) is 26.4. The number of rotatable bonds is 8. The lowest BCUT2D eigenvalue weighted by molar-refractivity contribution is -0.148. The zero-order valence-corrected chi connectivity index (χ0v) is 22.3. The highest BCUT2D eigenvalue weighted by molar-refractivity contribution is 7.96. The smallest absolute Gasteiger partial charge is 0.340 e. The average molecular weight is 574 g/mol. The number of pyridine rings is 2. The molecule has 14 heteroatoms. The van der Waals surface area contributed by atoms with Crippen LogP contribution in [0.25, 0.3) is 0 Å². The maximum atomic E-state index is 15.2. The fraction of sp³-hybridized carbons (Fsp3) is 0.520. The quantitative estimate of drug-likeness (QED) is 0.371. The van der Waals surface area contributed by atoms with Crippen molar-refractivity contribution in [1.82, 2.24) is 9.97 Å². The van der Waals surface area contributed by atoms with Gasteiger partial charge in [-0.25, -0.2) is 26.7 Å². The summed E-state index contributed by atoms with van der Waals surface area (Å²) in [6.07, 6.45) is -2.10. The Bertz CT molecular complexity index is 1420. The molecular weight excluding hydrogens is 545 g/mol. The predicted molar refractivity (Wildman–Crippen MR) is 134 cm³/mol. The number of halogens is 5. The van der Waals surface area contributed by atoms with Crippen LogP contribution in [0.5, 0.6) is 5.75 Å². The minimum atomic E-state index is -4.33. The van der Waals surface area contributed by atoms with Crippen molar-refractivity contribution >= 4 is 21.3 Å². The van der Waals surface area contributed by atoms with Crippen LogP contribution in [0.15, 0.2) is 39.8 Å². The van der Waals surface area contributed by atoms with E-state index in [0.29, 0.717) is 19.4 Å². The summed E-state index contributed by atoms with van der Waals surface area (Å²) in [5.41, 5.74) is 4.87. The van der Waals surface area contributed by atoms with Crippen LogP contribution >= 0.6 is 0 Å². The van der Waals surface area contributed by atoms with Crippen LogP contribution in [-0.2, 0) is 21.7 Å². The van der Waals surface area contributed by atoms with Crippen LogP contribution in [0.3, 0.4) is 0 Å². The first-order chi connectivity index (χ1) is 18.1. The highest BCUT2D eigenvalue weighted by Gasteiger charge is 2.56. The highest BCUT2D eigenvalue weighted by Crippen LogP contribution is 2.46. The Hall–Kier alpha value is -3.16. The maximum Gasteiger partial charge on any atom is 0.340 e. The standard InChI is InChI=1S/C25H28F5N5O3S/c1-23(2)22(31)35-24(3,19-5-4-10-33-39(19,23)37)20-16(26)8-6-14(34-20)11-18(36)17-9-7-15(12-32-17)38-13-25(29,30)21(27)28/h6-9,12,19,21H,4-5,10-11,13H2,1-3H3,(H2,31,35)/t19-,24+,39+/m1/s1. The number of hydrogen-bond donors (Lipinski definition) is 1. The van der Waals surface area contributed by atoms with Gasteiger partial charge in [-0.05, 0) is 57.9 Å². The molecule has 212 valence electrons. The van der Waals surface area contributed by atoms with E-state index in [1.165, 1.54) is 12.1 Å². The molecule has 0 fully saturated rings. The van der Waals surface area contributed by atoms with E-state index in [1.54, 1.807) is 20.8 Å². The zero-order chi connectivity index (χ0) is 28.8. The SMILES string of the molecule is CC1(C)C(N)=N[C@](C)(c2nc(CC(=O)c3ccc(OCC(F)(F)C(F)F)cn3)ccc2F)[C@H]2CCCN=[S@]21=O. The molecule has 2 aliphatic heterocycles. The Morgan fingerprint density at radius 1 is 1.23 bits per heavy atom. The van der Waals surface area contributed by atoms with E-state index < -0.39 is 55.8 Å². The summed E-state index contributed by atoms with van der Waals surface area (Å²) in [5.74, 6) is -5.70. The molecule has 2 aromatic rings. The van der Waals surface area contributed by atoms with Gasteiger partial charge in [0.25, 0.3) is 0 Å². The molecule has 4 heterocycles. The van der Waals surface area contributed by atoms with Crippen molar-refractivity contribution in [2.45, 2.75) is 67.9 Å². The largest absolute Gasteiger partial charge is 0.485 e. The number of amidine groups is 1. The van der Waals surface area contributed by atoms with Gasteiger partial charge in [-0.15, -0.1) is 0 Å². The first-order valence-corrected chi connectivity index (χ1v) is 13.7. The number of alkyl halides is 4. The van der Waals surface area contributed by atoms with Crippen LogP contribution in [0.2, 0.25) is 0 Å². The third kappa shape index (κ3) is 5.10. The molecule has 0 radical (unpaired) electrons. The van der Waals surface area contributed by atoms with Crippen molar-refractivity contribution in [2.75, 3.05) is 13.2 Å². The number of hydrogen-bond acceptors (Lipinski definition) is 8. The van der Waals surface area contributed by atoms with Crippen LogP contribution in [0.4, 0.5) is 22.0 Å². The molecule has 0 bridgehead atoms. The summed E-state index contributed by atoms with van der Waals surface area (Å²) in [6.45, 7) is 3.89. The Balaban J connectivity index is 1.58. The number of carbonyl (C=O) groups is 1. The third-order valence-corrected chi connectivity index (χ3v) is 10.8. The Labute approximate surface area is 222 Å². The second-order valence-electron chi connectivity index (χ2n) is 10.2. The van der Waals surface area contributed by atoms with Crippen molar-refractivity contribution in [3.05, 3.63) is 53.4 Å². The molecule has 0 saturated carbocycles. The van der Waals surface area contributed by atoms with E-state index in [9.17, 15) is 26.6 Å². The van der Waals surface area contributed by atoms with E-state index >= 15 is 4.39 Å². The average Bonchev–Trinajstić information content (AvgIpc) is 2.88. The van der Waals surface area contributed by atoms with E-state index in [0.717, 1.165) is 18.3 Å². The molecule has 0 unspecified atom stereocenters. The maximum absolute atomic E-state index is 15.2. The molecule has 4 rings (SSSR count). The molecule has 2 aliphatic rings. The minimum Gasteiger partial charge on any atom is -0.485 e. The summed E-state index contributed by atoms with van der Waals surface area (Å²) in [6, 6.07) is 4.82. The molecule has 2 N–H and O–H groups in total. The van der Waals surface area contributed by atoms with Crippen molar-refractivity contribution in [1.29, 1.82) is 0 Å². The number of nitrogens with two attached hydrogens (primary N) is 1. The monoisotopic (exact) mass is 573 g/mol. The Kier molecular flexibility index (Phi) is 7.47. The van der Waals surface area contributed by atoms with Gasteiger partial charge < -0.3 is 10.5 Å². The second-order valence-corrected chi connectivity index (χ2v) is 13.2. The van der Waals surface area contributed by atoms with Gasteiger partial charge in [0.15, 0.2) is 12.4 Å². The summed E-state index contributed by atoms with van der Waals surface area (Å²) in [7, 11) is -2.95. The lowest BCUT2D eigenvalue weighted by Gasteiger charge is -2.47. The van der Waals surface area contributed by atoms with Crippen molar-refractivity contribution in [3.8, 4) is 5.75 Å². The predicted octanol–water partition coefficient (Wildman–Crippen LogP) is 4.32. The first kappa shape index (κ1) is 28.8. The van der Waals surface area contributed by atoms with E-state index in [4.69, 9.17) is 5.73 Å². The van der Waals surface area contributed by atoms with Gasteiger partial charge in [0.2, 0.25) is 0 Å². The number of nitrogens with zero attached hydrogens (tertiary/aromatic N) is 4. The molecule has 0 amide bonds. The van der Waals surface area contributed by atoms with Crippen molar-refractivity contribution < 1.29 is 35.7 Å². The van der Waals surface area contributed by atoms with Gasteiger partial charge in [0.1, 0.15) is 39.1 Å². The van der Waals surface area contributed by atoms with Crippen LogP contribution < -0.4 is 10.5 Å². The molecule has 8 nitrogen and oxygen atoms in total. The first-order valence-electron chi connectivity index (χ1n) is 12.1. The van der Waals surface area contributed by atoms with E-state index in [-0.39, 0.29) is 35.1 Å². The lowest BCUT2D eigenvalue weighted by atomic mass is 9.88. The van der Waals surface area contributed by atoms with Crippen molar-refractivity contribution in [3.63, 3.8) is 0 Å². The molecule has 0 saturated heterocycles. The van der Waals surface area contributed by atoms with Gasteiger partial charge in [-0.2, -0.15) is 8.78 Å². The summed E-state index contributed by atoms with van der Waals surface area (Å²) >= 11 is 0. The van der Waals surface area contributed by atoms with Gasteiger partial charge in [0, 0.05) is 12.2 Å². The molecule has 3 atom stereocenters. The van der Waals surface area contributed by atoms with Gasteiger partial charge in [0.05, 0.1) is 27.6 Å². The fourth-order valence-electron chi connectivity index (χ4n) is 4.71. The summed E-state index contributed by atoms with van der Waals surface area (Å²) in [4.78, 5) is 25.7. The highest BCUT2D eigenvalue weighted by atomic mass is 32.2. The van der Waals surface area contributed by atoms with Crippen molar-refractivity contribution in [2.24, 2.45) is 15.1 Å². The number of ether oxygens (including phenoxy) is 1.